The summed E-state index contributed by atoms with van der Waals surface area (Å²) in [6, 6.07) is 6.73. The van der Waals surface area contributed by atoms with Crippen molar-refractivity contribution in [3.63, 3.8) is 0 Å². The van der Waals surface area contributed by atoms with Crippen LogP contribution in [-0.4, -0.2) is 97.2 Å². The Balaban J connectivity index is 0.000000385. The predicted octanol–water partition coefficient (Wildman–Crippen LogP) is 3.13. The van der Waals surface area contributed by atoms with Crippen LogP contribution in [0.15, 0.2) is 23.1 Å². The molecule has 0 bridgehead atoms. The second-order valence-corrected chi connectivity index (χ2v) is 13.9. The number of amides is 3. The van der Waals surface area contributed by atoms with Crippen LogP contribution in [0.5, 0.6) is 0 Å². The molecular formula is C27H34ClF2N5O6S. The first-order valence-electron chi connectivity index (χ1n) is 13.8. The van der Waals surface area contributed by atoms with Gasteiger partial charge in [-0.05, 0) is 50.3 Å². The van der Waals surface area contributed by atoms with Crippen LogP contribution in [0.2, 0.25) is 5.02 Å². The van der Waals surface area contributed by atoms with Crippen LogP contribution in [0, 0.1) is 17.2 Å². The van der Waals surface area contributed by atoms with Gasteiger partial charge < -0.3 is 25.1 Å². The van der Waals surface area contributed by atoms with Gasteiger partial charge in [-0.1, -0.05) is 11.6 Å². The van der Waals surface area contributed by atoms with Crippen LogP contribution in [0.25, 0.3) is 0 Å². The van der Waals surface area contributed by atoms with E-state index in [0.29, 0.717) is 51.9 Å². The molecule has 4 aliphatic rings. The average molecular weight is 630 g/mol. The highest BCUT2D eigenvalue weighted by molar-refractivity contribution is 7.92. The van der Waals surface area contributed by atoms with Gasteiger partial charge in [0.05, 0.1) is 27.8 Å². The zero-order chi connectivity index (χ0) is 30.9. The van der Waals surface area contributed by atoms with Crippen molar-refractivity contribution in [1.29, 1.82) is 5.26 Å². The Bertz CT molecular complexity index is 1380. The molecule has 2 saturated carbocycles. The zero-order valence-corrected chi connectivity index (χ0v) is 24.8. The summed E-state index contributed by atoms with van der Waals surface area (Å²) in [5.41, 5.74) is 0.0582. The summed E-state index contributed by atoms with van der Waals surface area (Å²) in [7, 11) is -3.77. The number of carboxylic acid groups (broad SMARTS) is 1. The molecule has 42 heavy (non-hydrogen) atoms. The average Bonchev–Trinajstić information content (AvgIpc) is 3.33. The fourth-order valence-corrected chi connectivity index (χ4v) is 7.98. The van der Waals surface area contributed by atoms with Gasteiger partial charge in [0.25, 0.3) is 5.92 Å². The van der Waals surface area contributed by atoms with E-state index >= 15 is 0 Å². The Morgan fingerprint density at radius 1 is 1.07 bits per heavy atom. The third-order valence-electron chi connectivity index (χ3n) is 8.28. The largest absolute Gasteiger partial charge is 0.465 e. The Labute approximate surface area is 248 Å². The van der Waals surface area contributed by atoms with Crippen molar-refractivity contribution >= 4 is 45.0 Å². The molecule has 0 radical (unpaired) electrons. The van der Waals surface area contributed by atoms with Gasteiger partial charge in [0.2, 0.25) is 11.8 Å². The molecule has 2 aliphatic heterocycles. The van der Waals surface area contributed by atoms with E-state index in [0.717, 1.165) is 10.6 Å². The van der Waals surface area contributed by atoms with Crippen LogP contribution in [0.1, 0.15) is 45.4 Å². The molecule has 230 valence electrons. The number of carbonyl (C=O) groups excluding carboxylic acids is 2. The van der Waals surface area contributed by atoms with E-state index in [1.165, 1.54) is 13.0 Å². The lowest BCUT2D eigenvalue weighted by Crippen LogP contribution is -2.48. The monoisotopic (exact) mass is 629 g/mol. The van der Waals surface area contributed by atoms with Crippen molar-refractivity contribution in [3.05, 3.63) is 23.2 Å². The highest BCUT2D eigenvalue weighted by Crippen LogP contribution is 2.39. The Hall–Kier alpha value is -3.18. The number of nitrogens with one attached hydrogen (secondary N) is 1. The van der Waals surface area contributed by atoms with Crippen molar-refractivity contribution in [2.45, 2.75) is 67.1 Å². The summed E-state index contributed by atoms with van der Waals surface area (Å²) in [5, 5.41) is 18.0. The molecule has 1 aromatic carbocycles. The molecule has 5 rings (SSSR count). The van der Waals surface area contributed by atoms with Gasteiger partial charge in [-0.15, -0.1) is 0 Å². The number of hydrogen-bond acceptors (Lipinski definition) is 7. The fourth-order valence-electron chi connectivity index (χ4n) is 5.60. The van der Waals surface area contributed by atoms with E-state index in [1.807, 2.05) is 6.07 Å². The Morgan fingerprint density at radius 3 is 2.21 bits per heavy atom. The number of piperazine rings is 1. The number of anilines is 1. The lowest BCUT2D eigenvalue weighted by atomic mass is 10.1. The quantitative estimate of drug-likeness (QED) is 0.504. The maximum Gasteiger partial charge on any atom is 0.405 e. The van der Waals surface area contributed by atoms with E-state index in [9.17, 15) is 31.6 Å². The van der Waals surface area contributed by atoms with E-state index in [-0.39, 0.29) is 41.1 Å². The van der Waals surface area contributed by atoms with Crippen molar-refractivity contribution in [3.8, 4) is 6.07 Å². The van der Waals surface area contributed by atoms with Gasteiger partial charge in [0, 0.05) is 57.7 Å². The highest BCUT2D eigenvalue weighted by Gasteiger charge is 2.46. The number of carbonyl (C=O) groups is 3. The number of nitriles is 1. The van der Waals surface area contributed by atoms with E-state index in [2.05, 4.69) is 10.2 Å². The minimum absolute atomic E-state index is 0.00766. The van der Waals surface area contributed by atoms with E-state index in [4.69, 9.17) is 22.0 Å². The standard InChI is InChI=1S/C22H28ClF2N3O4S.C5H6N2O2/c1-15(29)26-8-10-27(11-9-26)17-3-5-20(19(23)13-17)33(31,32)18-4-2-16(12-18)21(30)28-7-6-22(24,25)14-28;6-3-5(1-2-5)7-4(8)9/h3,5,13,16,18H,2,4,6-12,14H2,1H3;7H,1-2H2,(H,8,9)/t16-,18-;/m1./s1. The number of nitrogens with zero attached hydrogens (tertiary/aromatic N) is 4. The van der Waals surface area contributed by atoms with Gasteiger partial charge in [-0.25, -0.2) is 22.0 Å². The first-order valence-corrected chi connectivity index (χ1v) is 15.7. The van der Waals surface area contributed by atoms with Gasteiger partial charge in [-0.2, -0.15) is 5.26 Å². The van der Waals surface area contributed by atoms with Crippen molar-refractivity contribution in [2.75, 3.05) is 44.2 Å². The molecule has 0 unspecified atom stereocenters. The molecule has 2 heterocycles. The number of benzene rings is 1. The number of rotatable bonds is 5. The summed E-state index contributed by atoms with van der Waals surface area (Å²) in [6.07, 6.45) is 0.613. The first kappa shape index (κ1) is 31.7. The molecule has 1 aromatic rings. The molecule has 11 nitrogen and oxygen atoms in total. The topological polar surface area (TPSA) is 151 Å². The number of halogens is 3. The molecule has 3 amide bonds. The second-order valence-electron chi connectivity index (χ2n) is 11.3. The van der Waals surface area contributed by atoms with Crippen molar-refractivity contribution in [1.82, 2.24) is 15.1 Å². The predicted molar refractivity (Wildman–Crippen MR) is 149 cm³/mol. The molecule has 0 aromatic heterocycles. The number of sulfone groups is 1. The van der Waals surface area contributed by atoms with Crippen LogP contribution in [-0.2, 0) is 19.4 Å². The molecule has 15 heteroatoms. The van der Waals surface area contributed by atoms with Gasteiger partial charge in [-0.3, -0.25) is 9.59 Å². The van der Waals surface area contributed by atoms with E-state index < -0.39 is 45.1 Å². The van der Waals surface area contributed by atoms with Gasteiger partial charge in [0.15, 0.2) is 9.84 Å². The summed E-state index contributed by atoms with van der Waals surface area (Å²) in [6.45, 7) is 3.39. The second kappa shape index (κ2) is 12.2. The van der Waals surface area contributed by atoms with E-state index in [1.54, 1.807) is 17.0 Å². The lowest BCUT2D eigenvalue weighted by Gasteiger charge is -2.35. The Kier molecular flexibility index (Phi) is 9.22. The minimum Gasteiger partial charge on any atom is -0.465 e. The van der Waals surface area contributed by atoms with Crippen LogP contribution in [0.3, 0.4) is 0 Å². The number of hydrogen-bond donors (Lipinski definition) is 2. The number of alkyl halides is 2. The van der Waals surface area contributed by atoms with Crippen LogP contribution in [0.4, 0.5) is 19.3 Å². The summed E-state index contributed by atoms with van der Waals surface area (Å²) < 4.78 is 53.5. The van der Waals surface area contributed by atoms with Crippen molar-refractivity contribution < 1.29 is 36.7 Å². The molecule has 2 atom stereocenters. The van der Waals surface area contributed by atoms with Crippen LogP contribution >= 0.6 is 11.6 Å². The molecule has 2 aliphatic carbocycles. The molecule has 4 fully saturated rings. The maximum absolute atomic E-state index is 13.5. The molecule has 0 spiro atoms. The zero-order valence-electron chi connectivity index (χ0n) is 23.2. The summed E-state index contributed by atoms with van der Waals surface area (Å²) in [5.74, 6) is -3.78. The number of likely N-dealkylation sites (tertiary alicyclic amines) is 1. The molecule has 2 N–H and O–H groups in total. The Morgan fingerprint density at radius 2 is 1.74 bits per heavy atom. The maximum atomic E-state index is 13.5. The van der Waals surface area contributed by atoms with Gasteiger partial charge >= 0.3 is 6.09 Å². The first-order chi connectivity index (χ1) is 19.7. The third-order valence-corrected chi connectivity index (χ3v) is 11.0. The van der Waals surface area contributed by atoms with Crippen molar-refractivity contribution in [2.24, 2.45) is 5.92 Å². The third kappa shape index (κ3) is 7.23. The smallest absolute Gasteiger partial charge is 0.405 e. The van der Waals surface area contributed by atoms with Crippen LogP contribution < -0.4 is 10.2 Å². The normalized spacial score (nSPS) is 24.3. The lowest BCUT2D eigenvalue weighted by molar-refractivity contribution is -0.135. The SMILES string of the molecule is CC(=O)N1CCN(c2ccc(S(=O)(=O)[C@@H]3CC[C@@H](C(=O)N4CCC(F)(F)C4)C3)c(Cl)c2)CC1.N#CC1(NC(=O)O)CC1. The molecule has 2 saturated heterocycles. The summed E-state index contributed by atoms with van der Waals surface area (Å²) in [4.78, 5) is 39.1. The van der Waals surface area contributed by atoms with Gasteiger partial charge in [0.1, 0.15) is 5.54 Å². The minimum atomic E-state index is -3.77. The summed E-state index contributed by atoms with van der Waals surface area (Å²) >= 11 is 6.40. The molecular weight excluding hydrogens is 596 g/mol. The highest BCUT2D eigenvalue weighted by atomic mass is 35.5. The fraction of sp³-hybridized carbons (Fsp3) is 0.630.